The number of hydrogen-bond donors (Lipinski definition) is 6. The van der Waals surface area contributed by atoms with Crippen molar-refractivity contribution in [2.75, 3.05) is 53.4 Å². The zero-order chi connectivity index (χ0) is 56.1. The molecule has 0 radical (unpaired) electrons. The lowest BCUT2D eigenvalue weighted by Crippen LogP contribution is -2.66. The number of rotatable bonds is 16. The molecule has 6 N–H and O–H groups in total. The van der Waals surface area contributed by atoms with Crippen LogP contribution in [0, 0.1) is 10.8 Å². The summed E-state index contributed by atoms with van der Waals surface area (Å²) >= 11 is 0. The fourth-order valence-electron chi connectivity index (χ4n) is 10.7. The van der Waals surface area contributed by atoms with Crippen LogP contribution >= 0.6 is 0 Å². The van der Waals surface area contributed by atoms with Gasteiger partial charge in [0.25, 0.3) is 0 Å². The number of hydrogen-bond acceptors (Lipinski definition) is 11. The Labute approximate surface area is 457 Å². The predicted octanol–water partition coefficient (Wildman–Crippen LogP) is 3.09. The number of aryl methyl sites for hydroxylation is 2. The van der Waals surface area contributed by atoms with Gasteiger partial charge in [0.2, 0.25) is 45.5 Å². The minimum absolute atomic E-state index is 0.0287. The maximum Gasteiger partial charge on any atom is 0.246 e. The molecule has 6 amide bonds. The summed E-state index contributed by atoms with van der Waals surface area (Å²) in [6.07, 6.45) is 4.71. The average Bonchev–Trinajstić information content (AvgIpc) is 3.43. The number of nitrogens with zero attached hydrogens (tertiary/aromatic N) is 4. The lowest BCUT2D eigenvalue weighted by Gasteiger charge is -2.44. The number of sulfonamides is 1. The largest absolute Gasteiger partial charge is 0.347 e. The SMILES string of the molecule is CN[C@@H](C)C(=O)N[C@H](C(=O)N1CCN(S(=O)c2cccc(S(=O)(=O)N3CCN(C(=O)[C@@H](NC(=O)[C@H](C)NC)C(C)(C)C)[C@H](C(=O)N[C@@H]4CCCc5ccccc54)C3)c2)C[C@H]1C(=O)N[C@@H]1CCCc2ccccc21)C(C)(C)C. The van der Waals surface area contributed by atoms with Crippen molar-refractivity contribution < 1.29 is 41.4 Å². The second kappa shape index (κ2) is 24.6. The van der Waals surface area contributed by atoms with E-state index in [9.17, 15) is 41.4 Å². The van der Waals surface area contributed by atoms with Crippen molar-refractivity contribution >= 4 is 56.5 Å². The minimum atomic E-state index is -4.43. The quantitative estimate of drug-likeness (QED) is 0.122. The molecule has 1 unspecified atom stereocenters. The summed E-state index contributed by atoms with van der Waals surface area (Å²) in [6.45, 7) is 13.4. The van der Waals surface area contributed by atoms with Gasteiger partial charge >= 0.3 is 0 Å². The van der Waals surface area contributed by atoms with Gasteiger partial charge in [0.15, 0.2) is 0 Å². The number of likely N-dealkylation sites (N-methyl/N-ethyl adjacent to an activating group) is 2. The molecule has 2 heterocycles. The van der Waals surface area contributed by atoms with Gasteiger partial charge in [-0.1, -0.05) is 96.1 Å². The van der Waals surface area contributed by atoms with E-state index in [1.165, 1.54) is 32.3 Å². The van der Waals surface area contributed by atoms with E-state index in [1.807, 2.05) is 90.1 Å². The molecule has 2 fully saturated rings. The number of fused-ring (bicyclic) bond motifs is 2. The first-order chi connectivity index (χ1) is 36.3. The summed E-state index contributed by atoms with van der Waals surface area (Å²) in [5.74, 6) is -2.76. The summed E-state index contributed by atoms with van der Waals surface area (Å²) in [4.78, 5) is 88.2. The van der Waals surface area contributed by atoms with Crippen LogP contribution in [0.1, 0.15) is 115 Å². The molecular weight excluding hydrogens is 1020 g/mol. The maximum atomic E-state index is 14.9. The topological polar surface area (TPSA) is 239 Å². The van der Waals surface area contributed by atoms with Gasteiger partial charge in [0.05, 0.1) is 34.0 Å². The van der Waals surface area contributed by atoms with Gasteiger partial charge in [-0.2, -0.15) is 4.31 Å². The number of piperazine rings is 2. The average molecular weight is 1100 g/mol. The molecule has 0 bridgehead atoms. The van der Waals surface area contributed by atoms with Crippen LogP contribution in [0.3, 0.4) is 0 Å². The van der Waals surface area contributed by atoms with Gasteiger partial charge in [0.1, 0.15) is 35.2 Å². The van der Waals surface area contributed by atoms with Crippen molar-refractivity contribution in [1.29, 1.82) is 0 Å². The van der Waals surface area contributed by atoms with Gasteiger partial charge < -0.3 is 41.7 Å². The molecule has 9 atom stereocenters. The zero-order valence-corrected chi connectivity index (χ0v) is 47.9. The van der Waals surface area contributed by atoms with Crippen LogP contribution in [0.25, 0.3) is 0 Å². The Hall–Kier alpha value is -5.58. The molecule has 0 aromatic heterocycles. The summed E-state index contributed by atoms with van der Waals surface area (Å²) in [7, 11) is -3.19. The molecule has 3 aromatic carbocycles. The number of nitrogens with one attached hydrogen (secondary N) is 6. The number of amides is 6. The standard InChI is InChI=1S/C56H80N10O9S2/c1-35(57-9)49(67)61-47(55(3,4)5)53(71)65-30-28-63(33-45(65)51(69)59-43-26-15-20-37-18-11-13-24-41(37)43)76(73)39-22-17-23-40(32-39)77(74,75)64-29-31-66(54(72)48(56(6,7)8)62-50(68)36(2)58-10)46(34-64)52(70)60-44-27-16-21-38-19-12-14-25-42(38)44/h11-14,17-19,22-25,32,35-36,43-48,57-58H,15-16,20-21,26-31,33-34H2,1-10H3,(H,59,69)(H,60,70)(H,61,67)(H,62,68)/t35-,36-,43+,44+,45-,46-,47+,48+,76?/m0/s1. The second-order valence-electron chi connectivity index (χ2n) is 23.0. The van der Waals surface area contributed by atoms with Gasteiger partial charge in [-0.3, -0.25) is 28.8 Å². The zero-order valence-electron chi connectivity index (χ0n) is 46.3. The first-order valence-electron chi connectivity index (χ1n) is 26.9. The molecule has 7 rings (SSSR count). The van der Waals surface area contributed by atoms with Crippen LogP contribution in [0.4, 0.5) is 0 Å². The summed E-state index contributed by atoms with van der Waals surface area (Å²) in [6, 6.07) is 15.1. The third-order valence-corrected chi connectivity index (χ3v) is 18.9. The highest BCUT2D eigenvalue weighted by molar-refractivity contribution is 7.89. The van der Waals surface area contributed by atoms with E-state index in [4.69, 9.17) is 0 Å². The molecule has 4 aliphatic rings. The highest BCUT2D eigenvalue weighted by Gasteiger charge is 2.47. The first-order valence-corrected chi connectivity index (χ1v) is 29.5. The van der Waals surface area contributed by atoms with Crippen LogP contribution in [0.5, 0.6) is 0 Å². The van der Waals surface area contributed by atoms with Crippen molar-refractivity contribution in [2.45, 2.75) is 152 Å². The Morgan fingerprint density at radius 1 is 0.610 bits per heavy atom. The Kier molecular flexibility index (Phi) is 18.9. The van der Waals surface area contributed by atoms with Gasteiger partial charge in [-0.05, 0) is 118 Å². The Balaban J connectivity index is 1.16. The van der Waals surface area contributed by atoms with E-state index in [2.05, 4.69) is 31.9 Å². The smallest absolute Gasteiger partial charge is 0.246 e. The lowest BCUT2D eigenvalue weighted by molar-refractivity contribution is -0.148. The van der Waals surface area contributed by atoms with E-state index in [-0.39, 0.29) is 60.5 Å². The Morgan fingerprint density at radius 2 is 1.06 bits per heavy atom. The molecule has 2 saturated heterocycles. The highest BCUT2D eigenvalue weighted by atomic mass is 32.2. The summed E-state index contributed by atoms with van der Waals surface area (Å²) in [5, 5.41) is 18.0. The summed E-state index contributed by atoms with van der Waals surface area (Å²) < 4.78 is 47.3. The van der Waals surface area contributed by atoms with Gasteiger partial charge in [-0.15, -0.1) is 0 Å². The fraction of sp³-hybridized carbons (Fsp3) is 0.571. The van der Waals surface area contributed by atoms with E-state index in [1.54, 1.807) is 38.3 Å². The molecule has 21 heteroatoms. The van der Waals surface area contributed by atoms with Crippen molar-refractivity contribution in [1.82, 2.24) is 50.3 Å². The van der Waals surface area contributed by atoms with E-state index < -0.39 is 104 Å². The van der Waals surface area contributed by atoms with Crippen LogP contribution in [0.15, 0.2) is 82.6 Å². The second-order valence-corrected chi connectivity index (χ2v) is 26.4. The van der Waals surface area contributed by atoms with Gasteiger partial charge in [0, 0.05) is 39.3 Å². The Bertz CT molecular complexity index is 2820. The van der Waals surface area contributed by atoms with Crippen molar-refractivity contribution in [3.05, 3.63) is 95.1 Å². The molecule has 420 valence electrons. The molecule has 3 aromatic rings. The van der Waals surface area contributed by atoms with E-state index in [0.29, 0.717) is 12.8 Å². The van der Waals surface area contributed by atoms with Crippen LogP contribution < -0.4 is 31.9 Å². The van der Waals surface area contributed by atoms with Crippen LogP contribution in [-0.2, 0) is 62.6 Å². The molecule has 2 aliphatic heterocycles. The fourth-order valence-corrected chi connectivity index (χ4v) is 13.5. The van der Waals surface area contributed by atoms with Crippen molar-refractivity contribution in [3.8, 4) is 0 Å². The molecule has 77 heavy (non-hydrogen) atoms. The van der Waals surface area contributed by atoms with Crippen molar-refractivity contribution in [3.63, 3.8) is 0 Å². The maximum absolute atomic E-state index is 14.9. The normalized spacial score (nSPS) is 22.5. The van der Waals surface area contributed by atoms with E-state index in [0.717, 1.165) is 47.9 Å². The van der Waals surface area contributed by atoms with E-state index >= 15 is 0 Å². The van der Waals surface area contributed by atoms with Crippen molar-refractivity contribution in [2.24, 2.45) is 10.8 Å². The third-order valence-electron chi connectivity index (χ3n) is 15.6. The third kappa shape index (κ3) is 13.5. The molecule has 2 aliphatic carbocycles. The summed E-state index contributed by atoms with van der Waals surface area (Å²) in [5.41, 5.74) is 2.62. The highest BCUT2D eigenvalue weighted by Crippen LogP contribution is 2.34. The number of carbonyl (C=O) groups excluding carboxylic acids is 6. The molecule has 0 spiro atoms. The molecule has 0 saturated carbocycles. The van der Waals surface area contributed by atoms with Crippen LogP contribution in [-0.4, -0.2) is 156 Å². The predicted molar refractivity (Wildman–Crippen MR) is 295 cm³/mol. The van der Waals surface area contributed by atoms with Crippen LogP contribution in [0.2, 0.25) is 0 Å². The minimum Gasteiger partial charge on any atom is -0.347 e. The molecular formula is C56H80N10O9S2. The lowest BCUT2D eigenvalue weighted by atomic mass is 9.85. The number of carbonyl (C=O) groups is 6. The van der Waals surface area contributed by atoms with Gasteiger partial charge in [-0.25, -0.2) is 16.9 Å². The first kappa shape index (κ1) is 59.1. The monoisotopic (exact) mass is 1100 g/mol. The number of benzene rings is 3. The molecule has 19 nitrogen and oxygen atoms in total. The Morgan fingerprint density at radius 3 is 1.53 bits per heavy atom.